The Morgan fingerprint density at radius 2 is 2.17 bits per heavy atom. The highest BCUT2D eigenvalue weighted by atomic mass is 19.2. The number of nitrogens with zero attached hydrogens (tertiary/aromatic N) is 1. The van der Waals surface area contributed by atoms with E-state index in [9.17, 15) is 13.6 Å². The molecule has 1 aliphatic rings. The topological polar surface area (TPSA) is 52.3 Å². The number of hydrogen-bond acceptors (Lipinski definition) is 4. The highest BCUT2D eigenvalue weighted by Gasteiger charge is 2.48. The van der Waals surface area contributed by atoms with Crippen molar-refractivity contribution >= 4 is 17.1 Å². The van der Waals surface area contributed by atoms with E-state index in [0.717, 1.165) is 12.1 Å². The Labute approximate surface area is 101 Å². The van der Waals surface area contributed by atoms with Crippen LogP contribution in [0, 0.1) is 17.6 Å². The van der Waals surface area contributed by atoms with Crippen LogP contribution in [0.5, 0.6) is 0 Å². The third-order valence-corrected chi connectivity index (χ3v) is 3.06. The normalized spacial score (nSPS) is 22.2. The molecule has 0 spiro atoms. The summed E-state index contributed by atoms with van der Waals surface area (Å²) < 4.78 is 35.9. The molecule has 1 heterocycles. The van der Waals surface area contributed by atoms with Crippen molar-refractivity contribution in [3.63, 3.8) is 0 Å². The maximum absolute atomic E-state index is 13.0. The summed E-state index contributed by atoms with van der Waals surface area (Å²) in [6.45, 7) is 0. The molecule has 1 aromatic carbocycles. The first-order chi connectivity index (χ1) is 8.60. The summed E-state index contributed by atoms with van der Waals surface area (Å²) in [5.41, 5.74) is 0.429. The molecule has 0 saturated heterocycles. The van der Waals surface area contributed by atoms with E-state index in [0.29, 0.717) is 12.3 Å². The van der Waals surface area contributed by atoms with Gasteiger partial charge in [0.1, 0.15) is 5.52 Å². The van der Waals surface area contributed by atoms with Crippen LogP contribution in [0.3, 0.4) is 0 Å². The maximum atomic E-state index is 13.0. The second-order valence-corrected chi connectivity index (χ2v) is 4.26. The monoisotopic (exact) mass is 253 g/mol. The number of ether oxygens (including phenoxy) is 1. The third-order valence-electron chi connectivity index (χ3n) is 3.06. The van der Waals surface area contributed by atoms with Gasteiger partial charge in [0.2, 0.25) is 0 Å². The van der Waals surface area contributed by atoms with Gasteiger partial charge in [-0.25, -0.2) is 13.8 Å². The molecule has 0 unspecified atom stereocenters. The van der Waals surface area contributed by atoms with Crippen LogP contribution in [0.15, 0.2) is 16.5 Å². The molecule has 3 rings (SSSR count). The third kappa shape index (κ3) is 1.64. The average Bonchev–Trinajstić information content (AvgIpc) is 3.05. The van der Waals surface area contributed by atoms with Crippen LogP contribution >= 0.6 is 0 Å². The van der Waals surface area contributed by atoms with Gasteiger partial charge in [0.25, 0.3) is 0 Å². The first kappa shape index (κ1) is 11.1. The fourth-order valence-electron chi connectivity index (χ4n) is 1.98. The van der Waals surface area contributed by atoms with Crippen molar-refractivity contribution in [2.75, 3.05) is 7.11 Å². The molecule has 0 radical (unpaired) electrons. The number of oxazole rings is 1. The lowest BCUT2D eigenvalue weighted by atomic mass is 10.3. The summed E-state index contributed by atoms with van der Waals surface area (Å²) in [7, 11) is 1.31. The number of carbonyl (C=O) groups excluding carboxylic acids is 1. The molecule has 0 bridgehead atoms. The van der Waals surface area contributed by atoms with E-state index in [1.807, 2.05) is 0 Å². The Balaban J connectivity index is 1.93. The summed E-state index contributed by atoms with van der Waals surface area (Å²) in [4.78, 5) is 15.3. The van der Waals surface area contributed by atoms with Gasteiger partial charge in [-0.15, -0.1) is 0 Å². The zero-order valence-electron chi connectivity index (χ0n) is 9.44. The molecule has 6 heteroatoms. The molecule has 18 heavy (non-hydrogen) atoms. The van der Waals surface area contributed by atoms with Crippen molar-refractivity contribution in [2.45, 2.75) is 12.3 Å². The standard InChI is InChI=1S/C12H9F2NO3/c1-17-12(16)6-2-5(6)11-15-9-3-7(13)8(14)4-10(9)18-11/h3-6H,2H2,1H3/t5-,6-/m0/s1. The van der Waals surface area contributed by atoms with Crippen molar-refractivity contribution in [3.8, 4) is 0 Å². The number of benzene rings is 1. The van der Waals surface area contributed by atoms with E-state index < -0.39 is 11.6 Å². The highest BCUT2D eigenvalue weighted by molar-refractivity contribution is 5.78. The molecule has 4 nitrogen and oxygen atoms in total. The molecule has 1 saturated carbocycles. The fraction of sp³-hybridized carbons (Fsp3) is 0.333. The molecular weight excluding hydrogens is 244 g/mol. The Morgan fingerprint density at radius 3 is 2.89 bits per heavy atom. The lowest BCUT2D eigenvalue weighted by Gasteiger charge is -1.94. The van der Waals surface area contributed by atoms with Crippen LogP contribution in [-0.4, -0.2) is 18.1 Å². The molecule has 0 amide bonds. The molecule has 1 fully saturated rings. The van der Waals surface area contributed by atoms with Gasteiger partial charge in [-0.3, -0.25) is 4.79 Å². The Bertz CT molecular complexity index is 599. The van der Waals surface area contributed by atoms with Crippen LogP contribution in [0.1, 0.15) is 18.2 Å². The maximum Gasteiger partial charge on any atom is 0.309 e. The Kier molecular flexibility index (Phi) is 2.33. The van der Waals surface area contributed by atoms with Gasteiger partial charge in [0.15, 0.2) is 23.1 Å². The lowest BCUT2D eigenvalue weighted by molar-refractivity contribution is -0.142. The molecule has 94 valence electrons. The van der Waals surface area contributed by atoms with Gasteiger partial charge in [0, 0.05) is 18.1 Å². The number of fused-ring (bicyclic) bond motifs is 1. The Hall–Kier alpha value is -1.98. The van der Waals surface area contributed by atoms with Gasteiger partial charge in [0.05, 0.1) is 13.0 Å². The van der Waals surface area contributed by atoms with E-state index in [2.05, 4.69) is 9.72 Å². The van der Waals surface area contributed by atoms with E-state index in [1.54, 1.807) is 0 Å². The second kappa shape index (κ2) is 3.76. The van der Waals surface area contributed by atoms with Crippen molar-refractivity contribution in [2.24, 2.45) is 5.92 Å². The minimum Gasteiger partial charge on any atom is -0.469 e. The van der Waals surface area contributed by atoms with E-state index >= 15 is 0 Å². The van der Waals surface area contributed by atoms with Crippen molar-refractivity contribution in [3.05, 3.63) is 29.7 Å². The summed E-state index contributed by atoms with van der Waals surface area (Å²) in [5, 5.41) is 0. The second-order valence-electron chi connectivity index (χ2n) is 4.26. The van der Waals surface area contributed by atoms with E-state index in [4.69, 9.17) is 4.42 Å². The predicted octanol–water partition coefficient (Wildman–Crippen LogP) is 2.38. The minimum atomic E-state index is -0.981. The number of carbonyl (C=O) groups is 1. The summed E-state index contributed by atoms with van der Waals surface area (Å²) in [6, 6.07) is 1.93. The molecule has 1 aromatic heterocycles. The number of methoxy groups -OCH3 is 1. The van der Waals surface area contributed by atoms with Crippen molar-refractivity contribution in [1.29, 1.82) is 0 Å². The minimum absolute atomic E-state index is 0.157. The lowest BCUT2D eigenvalue weighted by Crippen LogP contribution is -2.03. The summed E-state index contributed by atoms with van der Waals surface area (Å²) >= 11 is 0. The molecular formula is C12H9F2NO3. The summed E-state index contributed by atoms with van der Waals surface area (Å²) in [5.74, 6) is -2.37. The van der Waals surface area contributed by atoms with Crippen LogP contribution in [0.2, 0.25) is 0 Å². The summed E-state index contributed by atoms with van der Waals surface area (Å²) in [6.07, 6.45) is 0.588. The largest absolute Gasteiger partial charge is 0.469 e. The Morgan fingerprint density at radius 1 is 1.44 bits per heavy atom. The van der Waals surface area contributed by atoms with Gasteiger partial charge in [-0.2, -0.15) is 0 Å². The molecule has 0 aliphatic heterocycles. The van der Waals surface area contributed by atoms with Gasteiger partial charge >= 0.3 is 5.97 Å². The number of esters is 1. The SMILES string of the molecule is COC(=O)[C@H]1C[C@@H]1c1nc2cc(F)c(F)cc2o1. The first-order valence-corrected chi connectivity index (χ1v) is 5.43. The van der Waals surface area contributed by atoms with Crippen LogP contribution in [0.25, 0.3) is 11.1 Å². The van der Waals surface area contributed by atoms with E-state index in [-0.39, 0.29) is 28.9 Å². The van der Waals surface area contributed by atoms with Crippen LogP contribution in [0.4, 0.5) is 8.78 Å². The zero-order valence-corrected chi connectivity index (χ0v) is 9.44. The number of rotatable bonds is 2. The van der Waals surface area contributed by atoms with Crippen molar-refractivity contribution in [1.82, 2.24) is 4.98 Å². The molecule has 1 aliphatic carbocycles. The van der Waals surface area contributed by atoms with Crippen LogP contribution < -0.4 is 0 Å². The average molecular weight is 253 g/mol. The first-order valence-electron chi connectivity index (χ1n) is 5.43. The number of aromatic nitrogens is 1. The molecule has 2 aromatic rings. The zero-order chi connectivity index (χ0) is 12.9. The quantitative estimate of drug-likeness (QED) is 0.771. The molecule has 0 N–H and O–H groups in total. The number of halogens is 2. The van der Waals surface area contributed by atoms with Crippen molar-refractivity contribution < 1.29 is 22.7 Å². The van der Waals surface area contributed by atoms with E-state index in [1.165, 1.54) is 7.11 Å². The predicted molar refractivity (Wildman–Crippen MR) is 56.8 cm³/mol. The fourth-order valence-corrected chi connectivity index (χ4v) is 1.98. The smallest absolute Gasteiger partial charge is 0.309 e. The van der Waals surface area contributed by atoms with Crippen LogP contribution in [-0.2, 0) is 9.53 Å². The molecule has 2 atom stereocenters. The van der Waals surface area contributed by atoms with Gasteiger partial charge < -0.3 is 9.15 Å². The van der Waals surface area contributed by atoms with Gasteiger partial charge in [-0.1, -0.05) is 0 Å². The van der Waals surface area contributed by atoms with Gasteiger partial charge in [-0.05, 0) is 6.42 Å². The highest BCUT2D eigenvalue weighted by Crippen LogP contribution is 2.48. The number of hydrogen-bond donors (Lipinski definition) is 0.